The molecular weight excluding hydrogens is 256 g/mol. The van der Waals surface area contributed by atoms with Gasteiger partial charge in [0.25, 0.3) is 0 Å². The molecule has 6 nitrogen and oxygen atoms in total. The van der Waals surface area contributed by atoms with Gasteiger partial charge in [-0.25, -0.2) is 0 Å². The summed E-state index contributed by atoms with van der Waals surface area (Å²) in [5.74, 6) is 0.0373. The third-order valence-corrected chi connectivity index (χ3v) is 3.57. The summed E-state index contributed by atoms with van der Waals surface area (Å²) in [7, 11) is 1.63. The fourth-order valence-corrected chi connectivity index (χ4v) is 2.48. The van der Waals surface area contributed by atoms with E-state index in [2.05, 4.69) is 21.2 Å². The van der Waals surface area contributed by atoms with Gasteiger partial charge in [-0.3, -0.25) is 14.6 Å². The molecule has 1 rings (SSSR count). The second-order valence-electron chi connectivity index (χ2n) is 5.29. The van der Waals surface area contributed by atoms with E-state index in [1.807, 2.05) is 13.8 Å². The standard InChI is InChI=1S/C14H26N4O2/c1-4-13(9-15)18-7-5-17(6-8-18)10-14(19)16-12(2)11-20-3/h12-13H,4-8,10-11H2,1-3H3,(H,16,19). The lowest BCUT2D eigenvalue weighted by Gasteiger charge is -2.36. The topological polar surface area (TPSA) is 68.6 Å². The number of carbonyl (C=O) groups is 1. The van der Waals surface area contributed by atoms with Crippen LogP contribution in [0.4, 0.5) is 0 Å². The number of amides is 1. The zero-order valence-electron chi connectivity index (χ0n) is 12.8. The minimum absolute atomic E-state index is 0.00713. The number of carbonyl (C=O) groups excluding carboxylic acids is 1. The first-order valence-electron chi connectivity index (χ1n) is 7.25. The van der Waals surface area contributed by atoms with Crippen LogP contribution < -0.4 is 5.32 Å². The van der Waals surface area contributed by atoms with Crippen molar-refractivity contribution >= 4 is 5.91 Å². The average molecular weight is 282 g/mol. The second kappa shape index (κ2) is 8.90. The van der Waals surface area contributed by atoms with Gasteiger partial charge in [-0.15, -0.1) is 0 Å². The molecule has 1 amide bonds. The monoisotopic (exact) mass is 282 g/mol. The molecule has 114 valence electrons. The van der Waals surface area contributed by atoms with Gasteiger partial charge in [0.05, 0.1) is 25.3 Å². The molecule has 1 fully saturated rings. The SMILES string of the molecule is CCC(C#N)N1CCN(CC(=O)NC(C)COC)CC1. The summed E-state index contributed by atoms with van der Waals surface area (Å²) in [6, 6.07) is 2.38. The van der Waals surface area contributed by atoms with Gasteiger partial charge in [-0.1, -0.05) is 6.92 Å². The highest BCUT2D eigenvalue weighted by Gasteiger charge is 2.23. The molecule has 6 heteroatoms. The summed E-state index contributed by atoms with van der Waals surface area (Å²) < 4.78 is 4.99. The first kappa shape index (κ1) is 16.9. The molecule has 2 atom stereocenters. The maximum atomic E-state index is 11.8. The Hall–Kier alpha value is -1.16. The number of nitrogens with zero attached hydrogens (tertiary/aromatic N) is 3. The molecule has 2 unspecified atom stereocenters. The van der Waals surface area contributed by atoms with Crippen LogP contribution in [0, 0.1) is 11.3 Å². The van der Waals surface area contributed by atoms with Crippen LogP contribution in [0.25, 0.3) is 0 Å². The molecule has 0 bridgehead atoms. The van der Waals surface area contributed by atoms with E-state index >= 15 is 0 Å². The molecule has 1 aliphatic heterocycles. The van der Waals surface area contributed by atoms with E-state index in [0.717, 1.165) is 32.6 Å². The Balaban J connectivity index is 2.28. The van der Waals surface area contributed by atoms with Gasteiger partial charge in [0.1, 0.15) is 0 Å². The zero-order valence-corrected chi connectivity index (χ0v) is 12.8. The van der Waals surface area contributed by atoms with Crippen LogP contribution in [0.15, 0.2) is 0 Å². The van der Waals surface area contributed by atoms with E-state index in [-0.39, 0.29) is 18.0 Å². The number of nitriles is 1. The van der Waals surface area contributed by atoms with E-state index in [0.29, 0.717) is 13.2 Å². The van der Waals surface area contributed by atoms with Crippen molar-refractivity contribution in [1.82, 2.24) is 15.1 Å². The van der Waals surface area contributed by atoms with E-state index in [9.17, 15) is 4.79 Å². The molecule has 1 aliphatic rings. The summed E-state index contributed by atoms with van der Waals surface area (Å²) in [4.78, 5) is 16.2. The first-order chi connectivity index (χ1) is 9.60. The lowest BCUT2D eigenvalue weighted by molar-refractivity contribution is -0.123. The van der Waals surface area contributed by atoms with Gasteiger partial charge in [0.15, 0.2) is 0 Å². The molecule has 1 heterocycles. The molecule has 0 spiro atoms. The molecule has 20 heavy (non-hydrogen) atoms. The normalized spacial score (nSPS) is 20.1. The van der Waals surface area contributed by atoms with Gasteiger partial charge in [-0.2, -0.15) is 5.26 Å². The number of nitrogens with one attached hydrogen (secondary N) is 1. The summed E-state index contributed by atoms with van der Waals surface area (Å²) in [6.07, 6.45) is 0.853. The Morgan fingerprint density at radius 2 is 2.05 bits per heavy atom. The molecule has 0 saturated carbocycles. The molecule has 1 saturated heterocycles. The highest BCUT2D eigenvalue weighted by molar-refractivity contribution is 5.78. The van der Waals surface area contributed by atoms with Crippen LogP contribution in [-0.2, 0) is 9.53 Å². The third-order valence-electron chi connectivity index (χ3n) is 3.57. The maximum Gasteiger partial charge on any atom is 0.234 e. The van der Waals surface area contributed by atoms with Crippen molar-refractivity contribution in [2.45, 2.75) is 32.4 Å². The van der Waals surface area contributed by atoms with Crippen molar-refractivity contribution < 1.29 is 9.53 Å². The fourth-order valence-electron chi connectivity index (χ4n) is 2.48. The summed E-state index contributed by atoms with van der Waals surface area (Å²) >= 11 is 0. The number of piperazine rings is 1. The summed E-state index contributed by atoms with van der Waals surface area (Å²) in [5, 5.41) is 12.0. The van der Waals surface area contributed by atoms with E-state index in [4.69, 9.17) is 10.00 Å². The molecule has 0 aromatic rings. The van der Waals surface area contributed by atoms with Gasteiger partial charge < -0.3 is 10.1 Å². The number of rotatable bonds is 7. The van der Waals surface area contributed by atoms with Crippen molar-refractivity contribution in [2.24, 2.45) is 0 Å². The van der Waals surface area contributed by atoms with Crippen LogP contribution in [0.1, 0.15) is 20.3 Å². The van der Waals surface area contributed by atoms with E-state index < -0.39 is 0 Å². The van der Waals surface area contributed by atoms with Crippen molar-refractivity contribution in [3.63, 3.8) is 0 Å². The Kier molecular flexibility index (Phi) is 7.52. The quantitative estimate of drug-likeness (QED) is 0.715. The molecular formula is C14H26N4O2. The third kappa shape index (κ3) is 5.45. The minimum atomic E-state index is 0.00713. The van der Waals surface area contributed by atoms with Crippen molar-refractivity contribution in [3.8, 4) is 6.07 Å². The van der Waals surface area contributed by atoms with Crippen LogP contribution in [0.2, 0.25) is 0 Å². The zero-order chi connectivity index (χ0) is 15.0. The number of ether oxygens (including phenoxy) is 1. The van der Waals surface area contributed by atoms with Crippen LogP contribution in [0.3, 0.4) is 0 Å². The average Bonchev–Trinajstić information content (AvgIpc) is 2.42. The highest BCUT2D eigenvalue weighted by atomic mass is 16.5. The Labute approximate surface area is 121 Å². The predicted octanol–water partition coefficient (Wildman–Crippen LogP) is 0.0573. The Morgan fingerprint density at radius 3 is 2.55 bits per heavy atom. The van der Waals surface area contributed by atoms with Crippen LogP contribution in [0.5, 0.6) is 0 Å². The molecule has 0 aliphatic carbocycles. The minimum Gasteiger partial charge on any atom is -0.383 e. The van der Waals surface area contributed by atoms with Crippen LogP contribution in [-0.4, -0.2) is 74.2 Å². The van der Waals surface area contributed by atoms with E-state index in [1.165, 1.54) is 0 Å². The smallest absolute Gasteiger partial charge is 0.234 e. The second-order valence-corrected chi connectivity index (χ2v) is 5.29. The van der Waals surface area contributed by atoms with Gasteiger partial charge in [-0.05, 0) is 13.3 Å². The van der Waals surface area contributed by atoms with Crippen LogP contribution >= 0.6 is 0 Å². The van der Waals surface area contributed by atoms with Gasteiger partial charge in [0.2, 0.25) is 5.91 Å². The number of hydrogen-bond acceptors (Lipinski definition) is 5. The number of methoxy groups -OCH3 is 1. The van der Waals surface area contributed by atoms with Gasteiger partial charge >= 0.3 is 0 Å². The first-order valence-corrected chi connectivity index (χ1v) is 7.25. The summed E-state index contributed by atoms with van der Waals surface area (Å²) in [6.45, 7) is 8.29. The Bertz CT molecular complexity index is 335. The molecule has 0 aromatic heterocycles. The Morgan fingerprint density at radius 1 is 1.40 bits per heavy atom. The van der Waals surface area contributed by atoms with Gasteiger partial charge in [0, 0.05) is 39.3 Å². The van der Waals surface area contributed by atoms with E-state index in [1.54, 1.807) is 7.11 Å². The molecule has 0 aromatic carbocycles. The summed E-state index contributed by atoms with van der Waals surface area (Å²) in [5.41, 5.74) is 0. The molecule has 1 N–H and O–H groups in total. The fraction of sp³-hybridized carbons (Fsp3) is 0.857. The lowest BCUT2D eigenvalue weighted by Crippen LogP contribution is -2.52. The largest absolute Gasteiger partial charge is 0.383 e. The van der Waals surface area contributed by atoms with Crippen molar-refractivity contribution in [2.75, 3.05) is 46.4 Å². The number of hydrogen-bond donors (Lipinski definition) is 1. The van der Waals surface area contributed by atoms with Crippen molar-refractivity contribution in [1.29, 1.82) is 5.26 Å². The van der Waals surface area contributed by atoms with Crippen molar-refractivity contribution in [3.05, 3.63) is 0 Å². The highest BCUT2D eigenvalue weighted by Crippen LogP contribution is 2.08. The lowest BCUT2D eigenvalue weighted by atomic mass is 10.2. The maximum absolute atomic E-state index is 11.8. The molecule has 0 radical (unpaired) electrons. The predicted molar refractivity (Wildman–Crippen MR) is 77.2 cm³/mol.